The molecule has 6 atom stereocenters. The van der Waals surface area contributed by atoms with E-state index in [9.17, 15) is 52.2 Å². The van der Waals surface area contributed by atoms with Crippen molar-refractivity contribution in [3.05, 3.63) is 199 Å². The lowest BCUT2D eigenvalue weighted by atomic mass is 9.93. The molecule has 4 aromatic carbocycles. The molecule has 3 aromatic heterocycles. The normalized spacial score (nSPS) is 20.6. The molecule has 0 spiro atoms. The third-order valence-electron chi connectivity index (χ3n) is 19.1. The van der Waals surface area contributed by atoms with Gasteiger partial charge in [-0.05, 0) is 127 Å². The maximum absolute atomic E-state index is 14.0. The minimum Gasteiger partial charge on any atom is -0.480 e. The number of aliphatic carboxylic acids is 1. The fraction of sp³-hybridized carbons (Fsp3) is 0.390. The molecule has 6 aliphatic rings. The number of hydrogen-bond acceptors (Lipinski definition) is 29. The number of thiazole rings is 3. The van der Waals surface area contributed by atoms with Gasteiger partial charge < -0.3 is 64.6 Å². The molecule has 13 rings (SSSR count). The van der Waals surface area contributed by atoms with Crippen LogP contribution in [0.1, 0.15) is 91.3 Å². The highest BCUT2D eigenvalue weighted by atomic mass is 79.9. The summed E-state index contributed by atoms with van der Waals surface area (Å²) in [6.45, 7) is 12.8. The number of hydrogen-bond donors (Lipinski definition) is 5. The van der Waals surface area contributed by atoms with E-state index in [0.29, 0.717) is 147 Å². The Kier molecular flexibility index (Phi) is 29.8. The first kappa shape index (κ1) is 85.5. The van der Waals surface area contributed by atoms with Crippen LogP contribution in [0.2, 0.25) is 0 Å². The lowest BCUT2D eigenvalue weighted by Crippen LogP contribution is -2.61. The van der Waals surface area contributed by atoms with E-state index in [1.165, 1.54) is 84.4 Å². The molecule has 0 aliphatic carbocycles. The van der Waals surface area contributed by atoms with Gasteiger partial charge in [-0.25, -0.2) is 42.5 Å². The van der Waals surface area contributed by atoms with Crippen molar-refractivity contribution >= 4 is 151 Å². The number of ketones is 1. The number of nitrogens with one attached hydrogen (secondary N) is 2. The van der Waals surface area contributed by atoms with Crippen LogP contribution < -0.4 is 21.3 Å². The van der Waals surface area contributed by atoms with Crippen molar-refractivity contribution in [3.8, 4) is 0 Å². The van der Waals surface area contributed by atoms with Gasteiger partial charge in [0, 0.05) is 105 Å². The maximum Gasteiger partial charge on any atom is 0.355 e. The average Bonchev–Trinajstić information content (AvgIpc) is 1.60. The molecule has 0 radical (unpaired) electrons. The fourth-order valence-electron chi connectivity index (χ4n) is 13.1. The first-order chi connectivity index (χ1) is 54.3. The van der Waals surface area contributed by atoms with Gasteiger partial charge in [0.25, 0.3) is 0 Å². The first-order valence-corrected chi connectivity index (χ1v) is 40.9. The number of aliphatic hydroxyl groups excluding tert-OH is 1. The smallest absolute Gasteiger partial charge is 0.355 e. The number of carbonyl (C=O) groups is 6. The van der Waals surface area contributed by atoms with Crippen LogP contribution in [0, 0.1) is 17.5 Å². The molecule has 600 valence electrons. The molecule has 0 saturated carbocycles. The SMILES string of the molecule is CCOC(=O)C1=C(CN2CCOC[C@@H]2COC(=O)[C@@H](N)CC)NC(c2nccs2)=NC1c1ccc(F)cc1Br.CCOC(=O)C1=C(CN2CCOC[C@@]2(C)C(=O)O)NC(c2nccs2)=NC1c1ccc(F)cc1Br.COC(=O)C1=C(CN2CCOCC2C(C)=O)CC(c2nc3ccc(CO)cc3s2)=CN1c1ccc(F)cc1Br. The zero-order chi connectivity index (χ0) is 80.8. The van der Waals surface area contributed by atoms with Crippen LogP contribution in [0.5, 0.6) is 0 Å². The van der Waals surface area contributed by atoms with Crippen molar-refractivity contribution in [2.24, 2.45) is 15.7 Å². The Morgan fingerprint density at radius 2 is 1.28 bits per heavy atom. The number of benzene rings is 4. The second-order valence-electron chi connectivity index (χ2n) is 26.5. The van der Waals surface area contributed by atoms with Crippen molar-refractivity contribution in [1.29, 1.82) is 0 Å². The number of carboxylic acids is 1. The van der Waals surface area contributed by atoms with Crippen molar-refractivity contribution in [2.75, 3.05) is 111 Å². The lowest BCUT2D eigenvalue weighted by Gasteiger charge is -2.42. The van der Waals surface area contributed by atoms with Crippen LogP contribution in [-0.4, -0.2) is 217 Å². The number of carboxylic acid groups (broad SMARTS) is 1. The molecule has 0 amide bonds. The predicted molar refractivity (Wildman–Crippen MR) is 429 cm³/mol. The number of nitrogens with zero attached hydrogens (tertiary/aromatic N) is 9. The summed E-state index contributed by atoms with van der Waals surface area (Å²) in [6.07, 6.45) is 6.02. The minimum atomic E-state index is -1.30. The minimum absolute atomic E-state index is 0.00468. The zero-order valence-corrected chi connectivity index (χ0v) is 69.4. The average molecular weight is 1810 g/mol. The molecule has 7 aromatic rings. The quantitative estimate of drug-likeness (QED) is 0.0277. The van der Waals surface area contributed by atoms with E-state index in [0.717, 1.165) is 31.9 Å². The van der Waals surface area contributed by atoms with E-state index in [4.69, 9.17) is 53.9 Å². The molecule has 113 heavy (non-hydrogen) atoms. The first-order valence-electron chi connectivity index (χ1n) is 35.9. The molecule has 27 nitrogen and oxygen atoms in total. The molecular weight excluding hydrogens is 1730 g/mol. The second kappa shape index (κ2) is 39.3. The number of Topliss-reactive ketones (excluding diaryl/α,β-unsaturated/α-hetero) is 1. The van der Waals surface area contributed by atoms with Crippen LogP contribution in [0.15, 0.2) is 159 Å². The van der Waals surface area contributed by atoms with E-state index in [1.54, 1.807) is 66.5 Å². The standard InChI is InChI=1S/C28H27BrFN3O5S.C26H31BrFN5O5S.C23H24BrFN4O5S/c1-16(35)24-15-38-8-7-32(24)12-18-10-19(27-31-22-5-3-17(14-34)9-25(22)39-27)13-33(26(18)28(36)37-2)23-6-4-20(30)11-21(23)29;1-3-19(29)25(34)38-14-16-13-36-9-8-33(16)12-20-21(26(35)37-4-2)22(17-6-5-15(28)11-18(17)27)32-23(31-20)24-30-7-10-39-24;1-3-34-21(30)17-16(11-29-7-8-33-12-23(29,2)22(31)32)27-19(20-26-6-9-35-20)28-18(17)14-5-4-13(25)10-15(14)24/h3-6,9,11,13,24,34H,7-8,10,12,14-15H2,1-2H3;5-7,10-11,16,19,22H,3-4,8-9,12-14,29H2,1-2H3,(H,31,32);4-6,9-10,18H,3,7-8,11-12H2,1-2H3,(H,27,28)(H,31,32)/t;16-,19+,22?;18?,23-/m.10/s1. The highest BCUT2D eigenvalue weighted by Gasteiger charge is 2.45. The van der Waals surface area contributed by atoms with Crippen molar-refractivity contribution in [2.45, 2.75) is 89.8 Å². The van der Waals surface area contributed by atoms with Gasteiger partial charge in [-0.1, -0.05) is 57.0 Å². The number of rotatable bonds is 24. The number of carbonyl (C=O) groups excluding carboxylic acids is 5. The van der Waals surface area contributed by atoms with E-state index < -0.39 is 77.0 Å². The Labute approximate surface area is 686 Å². The third kappa shape index (κ3) is 20.5. The number of methoxy groups -OCH3 is 1. The van der Waals surface area contributed by atoms with Crippen LogP contribution in [0.25, 0.3) is 15.8 Å². The number of ether oxygens (including phenoxy) is 7. The van der Waals surface area contributed by atoms with Gasteiger partial charge in [0.2, 0.25) is 0 Å². The predicted octanol–water partition coefficient (Wildman–Crippen LogP) is 10.7. The van der Waals surface area contributed by atoms with E-state index >= 15 is 0 Å². The van der Waals surface area contributed by atoms with Crippen LogP contribution in [0.4, 0.5) is 18.9 Å². The summed E-state index contributed by atoms with van der Waals surface area (Å²) in [5.41, 5.74) is 11.3. The summed E-state index contributed by atoms with van der Waals surface area (Å²) in [6, 6.07) is 15.3. The fourth-order valence-corrected chi connectivity index (χ4v) is 17.0. The van der Waals surface area contributed by atoms with Gasteiger partial charge in [-0.3, -0.25) is 39.1 Å². The number of halogens is 6. The number of anilines is 1. The van der Waals surface area contributed by atoms with Gasteiger partial charge in [0.05, 0.1) is 106 Å². The van der Waals surface area contributed by atoms with Gasteiger partial charge in [-0.2, -0.15) is 0 Å². The van der Waals surface area contributed by atoms with Gasteiger partial charge in [-0.15, -0.1) is 34.0 Å². The Hall–Kier alpha value is -8.34. The van der Waals surface area contributed by atoms with Crippen LogP contribution >= 0.6 is 81.8 Å². The molecule has 6 aliphatic heterocycles. The largest absolute Gasteiger partial charge is 0.480 e. The molecule has 3 unspecified atom stereocenters. The Bertz CT molecular complexity index is 4880. The van der Waals surface area contributed by atoms with Crippen molar-refractivity contribution in [1.82, 2.24) is 40.3 Å². The summed E-state index contributed by atoms with van der Waals surface area (Å²) >= 11 is 14.6. The number of esters is 4. The van der Waals surface area contributed by atoms with Gasteiger partial charge >= 0.3 is 29.8 Å². The number of amidine groups is 2. The molecule has 36 heteroatoms. The van der Waals surface area contributed by atoms with Gasteiger partial charge in [0.1, 0.15) is 64.2 Å². The Morgan fingerprint density at radius 1 is 0.708 bits per heavy atom. The number of aliphatic hydroxyl groups is 1. The van der Waals surface area contributed by atoms with Gasteiger partial charge in [0.15, 0.2) is 21.7 Å². The summed E-state index contributed by atoms with van der Waals surface area (Å²) < 4.78 is 82.4. The molecular formula is C77H82Br3F3N12O15S3. The Balaban J connectivity index is 0.000000168. The molecule has 3 fully saturated rings. The molecule has 9 heterocycles. The summed E-state index contributed by atoms with van der Waals surface area (Å²) in [5, 5.41) is 31.6. The third-order valence-corrected chi connectivity index (χ3v) is 23.8. The maximum atomic E-state index is 14.0. The van der Waals surface area contributed by atoms with E-state index in [-0.39, 0.29) is 63.6 Å². The number of fused-ring (bicyclic) bond motifs is 1. The number of morpholine rings is 3. The highest BCUT2D eigenvalue weighted by Crippen LogP contribution is 2.43. The molecule has 0 bridgehead atoms. The van der Waals surface area contributed by atoms with E-state index in [1.807, 2.05) is 41.6 Å². The summed E-state index contributed by atoms with van der Waals surface area (Å²) in [7, 11) is 1.32. The van der Waals surface area contributed by atoms with Crippen LogP contribution in [0.3, 0.4) is 0 Å². The summed E-state index contributed by atoms with van der Waals surface area (Å²) in [4.78, 5) is 107. The van der Waals surface area contributed by atoms with Crippen molar-refractivity contribution in [3.63, 3.8) is 0 Å². The second-order valence-corrected chi connectivity index (χ2v) is 31.9. The number of allylic oxidation sites excluding steroid dienone is 1. The summed E-state index contributed by atoms with van der Waals surface area (Å²) in [5.74, 6) is -3.54. The topological polar surface area (TPSA) is 334 Å². The highest BCUT2D eigenvalue weighted by molar-refractivity contribution is 9.11. The monoisotopic (exact) mass is 1800 g/mol. The Morgan fingerprint density at radius 3 is 1.82 bits per heavy atom. The zero-order valence-electron chi connectivity index (χ0n) is 62.2. The lowest BCUT2D eigenvalue weighted by molar-refractivity contribution is -0.161. The van der Waals surface area contributed by atoms with Crippen LogP contribution in [-0.2, 0) is 68.5 Å². The number of aliphatic imine (C=N–C) groups is 2. The molecule has 3 saturated heterocycles. The molecule has 6 N–H and O–H groups in total. The number of aromatic nitrogens is 3. The van der Waals surface area contributed by atoms with E-state index in [2.05, 4.69) is 73.3 Å². The van der Waals surface area contributed by atoms with Crippen molar-refractivity contribution < 1.29 is 85.3 Å². The number of nitrogens with two attached hydrogens (primary N) is 1.